The molecule has 5 heteroatoms. The summed E-state index contributed by atoms with van der Waals surface area (Å²) in [5.74, 6) is -0.259. The molecule has 4 nitrogen and oxygen atoms in total. The van der Waals surface area contributed by atoms with Crippen LogP contribution >= 0.6 is 0 Å². The first kappa shape index (κ1) is 16.1. The van der Waals surface area contributed by atoms with E-state index in [4.69, 9.17) is 4.74 Å². The molecule has 0 spiro atoms. The van der Waals surface area contributed by atoms with Gasteiger partial charge in [0.25, 0.3) is 0 Å². The number of Topliss-reactive ketones (excluding diaryl/α,β-unsaturated/α-hetero) is 1. The summed E-state index contributed by atoms with van der Waals surface area (Å²) in [6.45, 7) is 4.13. The van der Waals surface area contributed by atoms with Gasteiger partial charge in [0.15, 0.2) is 0 Å². The number of methoxy groups -OCH3 is 1. The summed E-state index contributed by atoms with van der Waals surface area (Å²) in [4.78, 5) is 13.3. The van der Waals surface area contributed by atoms with Crippen molar-refractivity contribution >= 4 is 5.78 Å². The Morgan fingerprint density at radius 2 is 2.12 bits per heavy atom. The predicted molar refractivity (Wildman–Crippen MR) is 57.7 cm³/mol. The molecule has 1 N–H and O–H groups in total. The van der Waals surface area contributed by atoms with Gasteiger partial charge in [-0.25, -0.2) is 0 Å². The quantitative estimate of drug-likeness (QED) is 0.794. The fourth-order valence-electron chi connectivity index (χ4n) is 2.13. The maximum atomic E-state index is 11.2. The molecule has 1 aliphatic heterocycles. The van der Waals surface area contributed by atoms with Crippen molar-refractivity contribution in [3.05, 3.63) is 0 Å². The predicted octanol–water partition coefficient (Wildman–Crippen LogP) is 0.289. The van der Waals surface area contributed by atoms with Gasteiger partial charge < -0.3 is 9.84 Å². The first-order valence-electron chi connectivity index (χ1n) is 5.39. The van der Waals surface area contributed by atoms with Crippen LogP contribution in [0.25, 0.3) is 0 Å². The minimum absolute atomic E-state index is 0. The van der Waals surface area contributed by atoms with Gasteiger partial charge in [0.05, 0.1) is 12.2 Å². The van der Waals surface area contributed by atoms with Crippen LogP contribution in [0.15, 0.2) is 0 Å². The van der Waals surface area contributed by atoms with E-state index in [2.05, 4.69) is 4.90 Å². The van der Waals surface area contributed by atoms with Crippen molar-refractivity contribution in [2.45, 2.75) is 38.5 Å². The van der Waals surface area contributed by atoms with Crippen LogP contribution in [0.2, 0.25) is 0 Å². The molecule has 1 fully saturated rings. The minimum atomic E-state index is -0.590. The molecule has 0 saturated carbocycles. The van der Waals surface area contributed by atoms with Gasteiger partial charge in [-0.1, -0.05) is 6.92 Å². The van der Waals surface area contributed by atoms with E-state index >= 15 is 0 Å². The second kappa shape index (κ2) is 6.77. The Morgan fingerprint density at radius 1 is 1.56 bits per heavy atom. The van der Waals surface area contributed by atoms with Crippen LogP contribution in [0, 0.1) is 5.92 Å². The van der Waals surface area contributed by atoms with Crippen LogP contribution in [0.5, 0.6) is 0 Å². The number of nitrogens with zero attached hydrogens (tertiary/aromatic N) is 1. The summed E-state index contributed by atoms with van der Waals surface area (Å²) in [6, 6.07) is 0.0360. The monoisotopic (exact) mass is 266 g/mol. The summed E-state index contributed by atoms with van der Waals surface area (Å²) in [5, 5.41) is 10.1. The number of likely N-dealkylation sites (N-methyl/N-ethyl adjacent to an activating group) is 1. The minimum Gasteiger partial charge on any atom is -0.391 e. The third kappa shape index (κ3) is 3.57. The SMILES string of the molecule is COC1C[C@@H](C(O)[C@H](C)C(C)=O)N(C)C1.[V]. The zero-order chi connectivity index (χ0) is 11.6. The van der Waals surface area contributed by atoms with Crippen LogP contribution in [0.4, 0.5) is 0 Å². The number of ether oxygens (including phenoxy) is 1. The van der Waals surface area contributed by atoms with Gasteiger partial charge in [0, 0.05) is 44.2 Å². The van der Waals surface area contributed by atoms with Crippen molar-refractivity contribution in [2.75, 3.05) is 20.7 Å². The Kier molecular flexibility index (Phi) is 6.83. The van der Waals surface area contributed by atoms with E-state index in [0.29, 0.717) is 0 Å². The van der Waals surface area contributed by atoms with Crippen molar-refractivity contribution in [3.8, 4) is 0 Å². The Morgan fingerprint density at radius 3 is 2.50 bits per heavy atom. The molecule has 1 heterocycles. The largest absolute Gasteiger partial charge is 0.391 e. The molecule has 4 atom stereocenters. The van der Waals surface area contributed by atoms with E-state index in [1.165, 1.54) is 6.92 Å². The van der Waals surface area contributed by atoms with Crippen LogP contribution in [0.3, 0.4) is 0 Å². The van der Waals surface area contributed by atoms with Gasteiger partial charge in [-0.15, -0.1) is 0 Å². The Labute approximate surface area is 109 Å². The molecule has 93 valence electrons. The first-order chi connectivity index (χ1) is 6.97. The van der Waals surface area contributed by atoms with Crippen molar-refractivity contribution in [1.82, 2.24) is 4.90 Å². The van der Waals surface area contributed by atoms with Gasteiger partial charge in [-0.3, -0.25) is 9.69 Å². The van der Waals surface area contributed by atoms with E-state index in [0.717, 1.165) is 13.0 Å². The second-order valence-corrected chi connectivity index (χ2v) is 4.49. The molecule has 0 bridgehead atoms. The summed E-state index contributed by atoms with van der Waals surface area (Å²) in [6.07, 6.45) is 0.382. The summed E-state index contributed by atoms with van der Waals surface area (Å²) in [7, 11) is 3.64. The van der Waals surface area contributed by atoms with Crippen LogP contribution < -0.4 is 0 Å². The van der Waals surface area contributed by atoms with E-state index < -0.39 is 6.10 Å². The fourth-order valence-corrected chi connectivity index (χ4v) is 2.13. The second-order valence-electron chi connectivity index (χ2n) is 4.49. The van der Waals surface area contributed by atoms with E-state index in [1.54, 1.807) is 14.0 Å². The molecule has 1 aliphatic rings. The number of ketones is 1. The molecule has 1 saturated heterocycles. The average Bonchev–Trinajstić information content (AvgIpc) is 2.57. The molecule has 2 unspecified atom stereocenters. The van der Waals surface area contributed by atoms with Gasteiger partial charge in [0.2, 0.25) is 0 Å². The first-order valence-corrected chi connectivity index (χ1v) is 5.39. The number of hydrogen-bond donors (Lipinski definition) is 1. The molecule has 0 aromatic heterocycles. The maximum Gasteiger partial charge on any atom is 0.135 e. The van der Waals surface area contributed by atoms with Crippen molar-refractivity contribution in [2.24, 2.45) is 5.92 Å². The average molecular weight is 266 g/mol. The van der Waals surface area contributed by atoms with E-state index in [1.807, 2.05) is 7.05 Å². The van der Waals surface area contributed by atoms with Gasteiger partial charge >= 0.3 is 0 Å². The zero-order valence-corrected chi connectivity index (χ0v) is 11.8. The number of hydrogen-bond acceptors (Lipinski definition) is 4. The Bertz CT molecular complexity index is 237. The Balaban J connectivity index is 0.00000225. The van der Waals surface area contributed by atoms with Crippen LogP contribution in [-0.2, 0) is 28.1 Å². The molecule has 1 radical (unpaired) electrons. The zero-order valence-electron chi connectivity index (χ0n) is 10.4. The number of rotatable bonds is 4. The van der Waals surface area contributed by atoms with Gasteiger partial charge in [-0.2, -0.15) is 0 Å². The van der Waals surface area contributed by atoms with Gasteiger partial charge in [-0.05, 0) is 20.4 Å². The topological polar surface area (TPSA) is 49.8 Å². The van der Waals surface area contributed by atoms with Gasteiger partial charge in [0.1, 0.15) is 5.78 Å². The molecule has 0 aromatic rings. The third-order valence-corrected chi connectivity index (χ3v) is 3.44. The van der Waals surface area contributed by atoms with E-state index in [-0.39, 0.29) is 42.4 Å². The third-order valence-electron chi connectivity index (χ3n) is 3.44. The smallest absolute Gasteiger partial charge is 0.135 e. The standard InChI is InChI=1S/C11H21NO3.V/c1-7(8(2)13)11(14)10-5-9(15-4)6-12(10)3;/h7,9-11,14H,5-6H2,1-4H3;/t7-,9?,10+,11?;/m1./s1. The summed E-state index contributed by atoms with van der Waals surface area (Å²) < 4.78 is 5.26. The van der Waals surface area contributed by atoms with Crippen LogP contribution in [0.1, 0.15) is 20.3 Å². The number of carbonyl (C=O) groups excluding carboxylic acids is 1. The maximum absolute atomic E-state index is 11.2. The number of aliphatic hydroxyl groups excluding tert-OH is 1. The summed E-state index contributed by atoms with van der Waals surface area (Å²) in [5.41, 5.74) is 0. The number of aliphatic hydroxyl groups is 1. The van der Waals surface area contributed by atoms with Crippen molar-refractivity contribution in [1.29, 1.82) is 0 Å². The number of likely N-dealkylation sites (tertiary alicyclic amines) is 1. The molecular weight excluding hydrogens is 245 g/mol. The fraction of sp³-hybridized carbons (Fsp3) is 0.909. The Hall–Kier alpha value is 0.134. The van der Waals surface area contributed by atoms with E-state index in [9.17, 15) is 9.90 Å². The molecule has 0 aromatic carbocycles. The number of carbonyl (C=O) groups is 1. The molecular formula is C11H21NO3V. The molecule has 0 aliphatic carbocycles. The molecule has 16 heavy (non-hydrogen) atoms. The molecule has 1 rings (SSSR count). The van der Waals surface area contributed by atoms with Crippen molar-refractivity contribution in [3.63, 3.8) is 0 Å². The summed E-state index contributed by atoms with van der Waals surface area (Å²) >= 11 is 0. The molecule has 0 amide bonds. The van der Waals surface area contributed by atoms with Crippen LogP contribution in [-0.4, -0.2) is 54.7 Å². The van der Waals surface area contributed by atoms with Crippen molar-refractivity contribution < 1.29 is 33.2 Å². The normalized spacial score (nSPS) is 29.6.